The van der Waals surface area contributed by atoms with Gasteiger partial charge in [0.1, 0.15) is 12.1 Å². The zero-order valence-corrected chi connectivity index (χ0v) is 14.9. The second-order valence-electron chi connectivity index (χ2n) is 5.92. The molecule has 0 bridgehead atoms. The minimum Gasteiger partial charge on any atom is -0.480 e. The van der Waals surface area contributed by atoms with Crippen molar-refractivity contribution in [1.29, 1.82) is 0 Å². The van der Waals surface area contributed by atoms with Crippen LogP contribution in [-0.4, -0.2) is 57.6 Å². The summed E-state index contributed by atoms with van der Waals surface area (Å²) < 4.78 is 0. The minimum absolute atomic E-state index is 0.0353. The number of likely N-dealkylation sites (tertiary alicyclic amines) is 1. The Morgan fingerprint density at radius 2 is 2.04 bits per heavy atom. The van der Waals surface area contributed by atoms with Gasteiger partial charge in [0.25, 0.3) is 0 Å². The summed E-state index contributed by atoms with van der Waals surface area (Å²) in [5.41, 5.74) is 0.522. The number of hydrogen-bond acceptors (Lipinski definition) is 4. The van der Waals surface area contributed by atoms with Gasteiger partial charge in [-0.05, 0) is 17.7 Å². The third-order valence-corrected chi connectivity index (χ3v) is 4.63. The highest BCUT2D eigenvalue weighted by Gasteiger charge is 2.38. The fraction of sp³-hybridized carbons (Fsp3) is 0.438. The third-order valence-electron chi connectivity index (χ3n) is 4.04. The van der Waals surface area contributed by atoms with Crippen LogP contribution in [0.3, 0.4) is 0 Å². The quantitative estimate of drug-likeness (QED) is 0.699. The number of aliphatic carboxylic acids is 1. The number of hydrogen-bond donors (Lipinski definition) is 3. The maximum absolute atomic E-state index is 12.4. The number of β-amino-alcohol motifs (C(OH)–C–C–N with tert-alkyl or cyclic N) is 1. The second kappa shape index (κ2) is 8.03. The highest BCUT2D eigenvalue weighted by Crippen LogP contribution is 2.23. The molecule has 2 rings (SSSR count). The number of benzene rings is 1. The first kappa shape index (κ1) is 19.5. The van der Waals surface area contributed by atoms with Crippen molar-refractivity contribution in [3.63, 3.8) is 0 Å². The third kappa shape index (κ3) is 4.84. The number of carboxylic acids is 1. The SMILES string of the molecule is CC(=O)N1C[C@H](O)C[C@H]1C(=O)N[C@@H](Cc1ccc(Cl)cc1Cl)C(=O)O. The van der Waals surface area contributed by atoms with Gasteiger partial charge in [-0.15, -0.1) is 0 Å². The standard InChI is InChI=1S/C16H18Cl2N2O5/c1-8(21)20-7-11(22)6-14(20)15(23)19-13(16(24)25)4-9-2-3-10(17)5-12(9)18/h2-3,5,11,13-14,22H,4,6-7H2,1H3,(H,19,23)(H,24,25)/t11-,13+,14+/m1/s1. The first-order chi connectivity index (χ1) is 11.7. The lowest BCUT2D eigenvalue weighted by Crippen LogP contribution is -2.51. The molecule has 0 aliphatic carbocycles. The van der Waals surface area contributed by atoms with Gasteiger partial charge >= 0.3 is 5.97 Å². The molecule has 3 N–H and O–H groups in total. The Morgan fingerprint density at radius 3 is 2.60 bits per heavy atom. The summed E-state index contributed by atoms with van der Waals surface area (Å²) in [4.78, 5) is 36.7. The molecule has 1 saturated heterocycles. The number of halogens is 2. The van der Waals surface area contributed by atoms with Crippen LogP contribution in [0.15, 0.2) is 18.2 Å². The van der Waals surface area contributed by atoms with E-state index in [2.05, 4.69) is 5.32 Å². The van der Waals surface area contributed by atoms with Gasteiger partial charge < -0.3 is 20.4 Å². The van der Waals surface area contributed by atoms with Gasteiger partial charge in [0.2, 0.25) is 11.8 Å². The average Bonchev–Trinajstić information content (AvgIpc) is 2.91. The van der Waals surface area contributed by atoms with Crippen LogP contribution >= 0.6 is 23.2 Å². The van der Waals surface area contributed by atoms with Gasteiger partial charge in [-0.3, -0.25) is 9.59 Å². The Balaban J connectivity index is 2.12. The zero-order chi connectivity index (χ0) is 18.7. The van der Waals surface area contributed by atoms with Gasteiger partial charge in [0.05, 0.1) is 6.10 Å². The molecule has 1 aromatic rings. The Hall–Kier alpha value is -1.83. The molecule has 0 aromatic heterocycles. The molecule has 1 aromatic carbocycles. The number of nitrogens with one attached hydrogen (secondary N) is 1. The number of carbonyl (C=O) groups excluding carboxylic acids is 2. The van der Waals surface area contributed by atoms with Gasteiger partial charge in [-0.2, -0.15) is 0 Å². The molecule has 1 aliphatic rings. The predicted molar refractivity (Wildman–Crippen MR) is 91.5 cm³/mol. The van der Waals surface area contributed by atoms with Crippen molar-refractivity contribution in [2.75, 3.05) is 6.54 Å². The highest BCUT2D eigenvalue weighted by atomic mass is 35.5. The number of carbonyl (C=O) groups is 3. The van der Waals surface area contributed by atoms with E-state index >= 15 is 0 Å². The molecule has 0 spiro atoms. The van der Waals surface area contributed by atoms with E-state index in [1.807, 2.05) is 0 Å². The molecule has 3 atom stereocenters. The minimum atomic E-state index is -1.23. The van der Waals surface area contributed by atoms with Crippen molar-refractivity contribution in [3.8, 4) is 0 Å². The summed E-state index contributed by atoms with van der Waals surface area (Å²) in [5, 5.41) is 22.2. The molecule has 1 fully saturated rings. The normalized spacial score (nSPS) is 21.0. The first-order valence-electron chi connectivity index (χ1n) is 7.61. The van der Waals surface area contributed by atoms with Crippen molar-refractivity contribution in [1.82, 2.24) is 10.2 Å². The van der Waals surface area contributed by atoms with Crippen molar-refractivity contribution in [2.45, 2.75) is 38.0 Å². The van der Waals surface area contributed by atoms with Crippen LogP contribution in [0.2, 0.25) is 10.0 Å². The first-order valence-corrected chi connectivity index (χ1v) is 8.37. The average molecular weight is 389 g/mol. The Morgan fingerprint density at radius 1 is 1.36 bits per heavy atom. The van der Waals surface area contributed by atoms with Gasteiger partial charge in [0.15, 0.2) is 0 Å². The van der Waals surface area contributed by atoms with E-state index in [1.54, 1.807) is 12.1 Å². The number of nitrogens with zero attached hydrogens (tertiary/aromatic N) is 1. The van der Waals surface area contributed by atoms with E-state index in [9.17, 15) is 24.6 Å². The molecule has 1 aliphatic heterocycles. The van der Waals surface area contributed by atoms with Crippen LogP contribution in [0, 0.1) is 0 Å². The molecule has 9 heteroatoms. The summed E-state index contributed by atoms with van der Waals surface area (Å²) >= 11 is 11.9. The molecule has 136 valence electrons. The molecule has 0 saturated carbocycles. The maximum Gasteiger partial charge on any atom is 0.326 e. The topological polar surface area (TPSA) is 107 Å². The summed E-state index contributed by atoms with van der Waals surface area (Å²) in [5.74, 6) is -2.21. The summed E-state index contributed by atoms with van der Waals surface area (Å²) in [6.07, 6.45) is -0.778. The molecule has 2 amide bonds. The Bertz CT molecular complexity index is 697. The van der Waals surface area contributed by atoms with Crippen molar-refractivity contribution < 1.29 is 24.6 Å². The van der Waals surface area contributed by atoms with Crippen LogP contribution in [0.4, 0.5) is 0 Å². The highest BCUT2D eigenvalue weighted by molar-refractivity contribution is 6.35. The molecule has 0 unspecified atom stereocenters. The summed E-state index contributed by atoms with van der Waals surface area (Å²) in [7, 11) is 0. The largest absolute Gasteiger partial charge is 0.480 e. The van der Waals surface area contributed by atoms with E-state index in [4.69, 9.17) is 23.2 Å². The lowest BCUT2D eigenvalue weighted by Gasteiger charge is -2.24. The molecule has 7 nitrogen and oxygen atoms in total. The fourth-order valence-electron chi connectivity index (χ4n) is 2.79. The van der Waals surface area contributed by atoms with Gasteiger partial charge in [-0.25, -0.2) is 4.79 Å². The van der Waals surface area contributed by atoms with E-state index in [0.717, 1.165) is 0 Å². The number of amides is 2. The smallest absolute Gasteiger partial charge is 0.326 e. The Labute approximate surface area is 154 Å². The van der Waals surface area contributed by atoms with Crippen LogP contribution in [0.1, 0.15) is 18.9 Å². The number of aliphatic hydroxyl groups excluding tert-OH is 1. The number of carboxylic acid groups (broad SMARTS) is 1. The predicted octanol–water partition coefficient (Wildman–Crippen LogP) is 1.09. The molecular formula is C16H18Cl2N2O5. The molecule has 0 radical (unpaired) electrons. The lowest BCUT2D eigenvalue weighted by atomic mass is 10.0. The summed E-state index contributed by atoms with van der Waals surface area (Å²) in [6.45, 7) is 1.34. The Kier molecular flexibility index (Phi) is 6.26. The monoisotopic (exact) mass is 388 g/mol. The van der Waals surface area contributed by atoms with Crippen molar-refractivity contribution in [2.24, 2.45) is 0 Å². The van der Waals surface area contributed by atoms with E-state index < -0.39 is 30.1 Å². The fourth-order valence-corrected chi connectivity index (χ4v) is 3.27. The number of rotatable bonds is 5. The second-order valence-corrected chi connectivity index (χ2v) is 6.76. The van der Waals surface area contributed by atoms with Crippen LogP contribution in [0.25, 0.3) is 0 Å². The van der Waals surface area contributed by atoms with E-state index in [-0.39, 0.29) is 25.3 Å². The zero-order valence-electron chi connectivity index (χ0n) is 13.4. The number of aliphatic hydroxyl groups is 1. The van der Waals surface area contributed by atoms with E-state index in [0.29, 0.717) is 15.6 Å². The van der Waals surface area contributed by atoms with Crippen LogP contribution in [-0.2, 0) is 20.8 Å². The molecule has 1 heterocycles. The van der Waals surface area contributed by atoms with Gasteiger partial charge in [-0.1, -0.05) is 29.3 Å². The summed E-state index contributed by atoms with van der Waals surface area (Å²) in [6, 6.07) is 2.54. The molecular weight excluding hydrogens is 371 g/mol. The van der Waals surface area contributed by atoms with Crippen molar-refractivity contribution >= 4 is 41.0 Å². The molecule has 25 heavy (non-hydrogen) atoms. The van der Waals surface area contributed by atoms with Crippen LogP contribution in [0.5, 0.6) is 0 Å². The van der Waals surface area contributed by atoms with Crippen LogP contribution < -0.4 is 5.32 Å². The van der Waals surface area contributed by atoms with Crippen molar-refractivity contribution in [3.05, 3.63) is 33.8 Å². The lowest BCUT2D eigenvalue weighted by molar-refractivity contribution is -0.143. The van der Waals surface area contributed by atoms with E-state index in [1.165, 1.54) is 17.9 Å². The maximum atomic E-state index is 12.4. The van der Waals surface area contributed by atoms with Gasteiger partial charge in [0, 0.05) is 36.4 Å².